The van der Waals surface area contributed by atoms with E-state index in [9.17, 15) is 18.0 Å². The van der Waals surface area contributed by atoms with Gasteiger partial charge in [0.1, 0.15) is 0 Å². The highest BCUT2D eigenvalue weighted by Gasteiger charge is 2.33. The van der Waals surface area contributed by atoms with Crippen LogP contribution in [0.25, 0.3) is 0 Å². The fourth-order valence-corrected chi connectivity index (χ4v) is 6.08. The number of piperidine rings is 1. The normalized spacial score (nSPS) is 21.2. The van der Waals surface area contributed by atoms with Crippen molar-refractivity contribution in [1.29, 1.82) is 0 Å². The fraction of sp³-hybridized carbons (Fsp3) is 0.636. The molecule has 0 radical (unpaired) electrons. The number of aryl methyl sites for hydroxylation is 1. The number of nitrogens with zero attached hydrogens (tertiary/aromatic N) is 1. The molecule has 8 heteroatoms. The zero-order chi connectivity index (χ0) is 21.6. The summed E-state index contributed by atoms with van der Waals surface area (Å²) in [5.74, 6) is -1.22. The molecule has 7 nitrogen and oxygen atoms in total. The third-order valence-electron chi connectivity index (χ3n) is 6.11. The fourth-order valence-electron chi connectivity index (χ4n) is 4.36. The van der Waals surface area contributed by atoms with Gasteiger partial charge in [0.15, 0.2) is 0 Å². The lowest BCUT2D eigenvalue weighted by molar-refractivity contribution is -0.139. The molecule has 0 spiro atoms. The van der Waals surface area contributed by atoms with E-state index in [1.165, 1.54) is 6.42 Å². The molecule has 1 saturated heterocycles. The van der Waals surface area contributed by atoms with Crippen LogP contribution in [0.1, 0.15) is 63.4 Å². The van der Waals surface area contributed by atoms with Crippen LogP contribution in [-0.2, 0) is 19.6 Å². The molecule has 1 aromatic rings. The summed E-state index contributed by atoms with van der Waals surface area (Å²) in [6.45, 7) is 2.69. The van der Waals surface area contributed by atoms with Crippen LogP contribution in [0, 0.1) is 6.92 Å². The first-order chi connectivity index (χ1) is 14.4. The van der Waals surface area contributed by atoms with E-state index >= 15 is 0 Å². The summed E-state index contributed by atoms with van der Waals surface area (Å²) >= 11 is 0. The van der Waals surface area contributed by atoms with Gasteiger partial charge in [0.2, 0.25) is 10.0 Å². The van der Waals surface area contributed by atoms with Gasteiger partial charge in [-0.3, -0.25) is 9.59 Å². The summed E-state index contributed by atoms with van der Waals surface area (Å²) in [5.41, 5.74) is 1.01. The molecule has 0 unspecified atom stereocenters. The van der Waals surface area contributed by atoms with Crippen molar-refractivity contribution in [3.8, 4) is 0 Å². The average molecular weight is 436 g/mol. The summed E-state index contributed by atoms with van der Waals surface area (Å²) < 4.78 is 27.8. The molecule has 3 rings (SSSR count). The van der Waals surface area contributed by atoms with E-state index in [0.29, 0.717) is 17.9 Å². The number of hydrogen-bond donors (Lipinski definition) is 2. The SMILES string of the molecule is Cc1ccc(S(=O)(=O)N2CCCC[C@H]2CCNC(=O)C(=O)NC2CCCCC2)cc1. The van der Waals surface area contributed by atoms with Gasteiger partial charge < -0.3 is 10.6 Å². The second-order valence-electron chi connectivity index (χ2n) is 8.43. The first kappa shape index (κ1) is 22.7. The van der Waals surface area contributed by atoms with E-state index in [0.717, 1.165) is 50.5 Å². The first-order valence-corrected chi connectivity index (χ1v) is 12.5. The molecule has 1 heterocycles. The Morgan fingerprint density at radius 2 is 1.63 bits per heavy atom. The topological polar surface area (TPSA) is 95.6 Å². The number of carbonyl (C=O) groups excluding carboxylic acids is 2. The molecule has 1 saturated carbocycles. The van der Waals surface area contributed by atoms with E-state index in [4.69, 9.17) is 0 Å². The van der Waals surface area contributed by atoms with Gasteiger partial charge in [-0.2, -0.15) is 4.31 Å². The molecular weight excluding hydrogens is 402 g/mol. The zero-order valence-electron chi connectivity index (χ0n) is 17.7. The third kappa shape index (κ3) is 5.82. The maximum absolute atomic E-state index is 13.1. The van der Waals surface area contributed by atoms with Crippen LogP contribution >= 0.6 is 0 Å². The van der Waals surface area contributed by atoms with E-state index < -0.39 is 21.8 Å². The lowest BCUT2D eigenvalue weighted by atomic mass is 9.95. The minimum Gasteiger partial charge on any atom is -0.348 e. The Balaban J connectivity index is 1.53. The highest BCUT2D eigenvalue weighted by atomic mass is 32.2. The van der Waals surface area contributed by atoms with Gasteiger partial charge in [-0.05, 0) is 51.2 Å². The number of rotatable bonds is 6. The third-order valence-corrected chi connectivity index (χ3v) is 8.08. The second kappa shape index (κ2) is 10.4. The Morgan fingerprint density at radius 3 is 2.33 bits per heavy atom. The average Bonchev–Trinajstić information content (AvgIpc) is 2.75. The largest absolute Gasteiger partial charge is 0.348 e. The molecule has 2 fully saturated rings. The number of amides is 2. The van der Waals surface area contributed by atoms with Crippen LogP contribution in [0.3, 0.4) is 0 Å². The van der Waals surface area contributed by atoms with Crippen LogP contribution in [-0.4, -0.2) is 49.7 Å². The van der Waals surface area contributed by atoms with Crippen molar-refractivity contribution < 1.29 is 18.0 Å². The Hall–Kier alpha value is -1.93. The zero-order valence-corrected chi connectivity index (χ0v) is 18.5. The predicted molar refractivity (Wildman–Crippen MR) is 115 cm³/mol. The van der Waals surface area contributed by atoms with Crippen LogP contribution < -0.4 is 10.6 Å². The molecule has 1 aromatic carbocycles. The molecule has 2 aliphatic rings. The van der Waals surface area contributed by atoms with Gasteiger partial charge in [0.05, 0.1) is 4.90 Å². The summed E-state index contributed by atoms with van der Waals surface area (Å²) in [5, 5.41) is 5.47. The van der Waals surface area contributed by atoms with Gasteiger partial charge in [0, 0.05) is 25.2 Å². The highest BCUT2D eigenvalue weighted by Crippen LogP contribution is 2.27. The maximum atomic E-state index is 13.1. The Labute approximate surface area is 179 Å². The van der Waals surface area contributed by atoms with E-state index in [1.54, 1.807) is 28.6 Å². The number of carbonyl (C=O) groups is 2. The van der Waals surface area contributed by atoms with Crippen LogP contribution in [0.4, 0.5) is 0 Å². The standard InChI is InChI=1S/C22H33N3O4S/c1-17-10-12-20(13-11-17)30(28,29)25-16-6-5-9-19(25)14-15-23-21(26)22(27)24-18-7-3-2-4-8-18/h10-13,18-19H,2-9,14-16H2,1H3,(H,23,26)(H,24,27)/t19-/m0/s1. The minimum absolute atomic E-state index is 0.0884. The maximum Gasteiger partial charge on any atom is 0.309 e. The molecule has 1 aliphatic carbocycles. The summed E-state index contributed by atoms with van der Waals surface area (Å²) in [4.78, 5) is 24.5. The molecule has 166 valence electrons. The predicted octanol–water partition coefficient (Wildman–Crippen LogP) is 2.49. The van der Waals surface area contributed by atoms with Crippen molar-refractivity contribution in [2.75, 3.05) is 13.1 Å². The van der Waals surface area contributed by atoms with Gasteiger partial charge in [-0.15, -0.1) is 0 Å². The van der Waals surface area contributed by atoms with Crippen molar-refractivity contribution in [2.45, 2.75) is 81.7 Å². The van der Waals surface area contributed by atoms with Crippen LogP contribution in [0.5, 0.6) is 0 Å². The lowest BCUT2D eigenvalue weighted by Gasteiger charge is -2.34. The highest BCUT2D eigenvalue weighted by molar-refractivity contribution is 7.89. The molecular formula is C22H33N3O4S. The summed E-state index contributed by atoms with van der Waals surface area (Å²) in [6.07, 6.45) is 8.24. The number of hydrogen-bond acceptors (Lipinski definition) is 4. The van der Waals surface area contributed by atoms with Gasteiger partial charge in [0.25, 0.3) is 0 Å². The smallest absolute Gasteiger partial charge is 0.309 e. The molecule has 1 atom stereocenters. The van der Waals surface area contributed by atoms with Crippen molar-refractivity contribution >= 4 is 21.8 Å². The lowest BCUT2D eigenvalue weighted by Crippen LogP contribution is -2.47. The van der Waals surface area contributed by atoms with Gasteiger partial charge >= 0.3 is 11.8 Å². The molecule has 1 aliphatic heterocycles. The number of benzene rings is 1. The Morgan fingerprint density at radius 1 is 0.967 bits per heavy atom. The van der Waals surface area contributed by atoms with Crippen molar-refractivity contribution in [1.82, 2.24) is 14.9 Å². The molecule has 2 amide bonds. The molecule has 0 aromatic heterocycles. The molecule has 0 bridgehead atoms. The van der Waals surface area contributed by atoms with E-state index in [1.807, 2.05) is 6.92 Å². The summed E-state index contributed by atoms with van der Waals surface area (Å²) in [7, 11) is -3.57. The summed E-state index contributed by atoms with van der Waals surface area (Å²) in [6, 6.07) is 6.81. The first-order valence-electron chi connectivity index (χ1n) is 11.0. The minimum atomic E-state index is -3.57. The van der Waals surface area contributed by atoms with Crippen molar-refractivity contribution in [3.05, 3.63) is 29.8 Å². The molecule has 2 N–H and O–H groups in total. The monoisotopic (exact) mass is 435 g/mol. The number of sulfonamides is 1. The van der Waals surface area contributed by atoms with E-state index in [-0.39, 0.29) is 18.6 Å². The van der Waals surface area contributed by atoms with Crippen LogP contribution in [0.15, 0.2) is 29.2 Å². The molecule has 30 heavy (non-hydrogen) atoms. The van der Waals surface area contributed by atoms with Crippen LogP contribution in [0.2, 0.25) is 0 Å². The quantitative estimate of drug-likeness (QED) is 0.671. The Bertz CT molecular complexity index is 832. The van der Waals surface area contributed by atoms with E-state index in [2.05, 4.69) is 10.6 Å². The second-order valence-corrected chi connectivity index (χ2v) is 10.3. The Kier molecular flexibility index (Phi) is 7.88. The van der Waals surface area contributed by atoms with Crippen molar-refractivity contribution in [2.24, 2.45) is 0 Å². The van der Waals surface area contributed by atoms with Gasteiger partial charge in [-0.1, -0.05) is 43.4 Å². The van der Waals surface area contributed by atoms with Crippen molar-refractivity contribution in [3.63, 3.8) is 0 Å². The number of nitrogens with one attached hydrogen (secondary N) is 2. The van der Waals surface area contributed by atoms with Gasteiger partial charge in [-0.25, -0.2) is 8.42 Å².